The Morgan fingerprint density at radius 2 is 1.48 bits per heavy atom. The Hall–Kier alpha value is -1.92. The van der Waals surface area contributed by atoms with Gasteiger partial charge >= 0.3 is 0 Å². The number of nitrogens with zero attached hydrogens (tertiary/aromatic N) is 1. The smallest absolute Gasteiger partial charge is 0.244 e. The molecule has 1 atom stereocenters. The fraction of sp³-hybridized carbons (Fsp3) is 0.0556. The molecule has 1 N–H and O–H groups in total. The summed E-state index contributed by atoms with van der Waals surface area (Å²) >= 11 is 12.1. The SMILES string of the molecule is O=S(=O)(NC(c1ccccc1)c1ccccn1)c1c(Cl)cccc1Cl. The van der Waals surface area contributed by atoms with E-state index in [0.717, 1.165) is 5.56 Å². The van der Waals surface area contributed by atoms with Crippen LogP contribution < -0.4 is 4.72 Å². The quantitative estimate of drug-likeness (QED) is 0.697. The van der Waals surface area contributed by atoms with Gasteiger partial charge in [0.2, 0.25) is 10.0 Å². The van der Waals surface area contributed by atoms with E-state index < -0.39 is 16.1 Å². The molecule has 0 amide bonds. The fourth-order valence-electron chi connectivity index (χ4n) is 2.44. The molecule has 0 saturated carbocycles. The van der Waals surface area contributed by atoms with Crippen LogP contribution in [0.2, 0.25) is 10.0 Å². The standard InChI is InChI=1S/C18H14Cl2N2O2S/c19-14-9-6-10-15(20)18(14)25(23,24)22-17(13-7-2-1-3-8-13)16-11-4-5-12-21-16/h1-12,17,22H. The lowest BCUT2D eigenvalue weighted by Gasteiger charge is -2.19. The van der Waals surface area contributed by atoms with Crippen molar-refractivity contribution in [1.29, 1.82) is 0 Å². The largest absolute Gasteiger partial charge is 0.259 e. The summed E-state index contributed by atoms with van der Waals surface area (Å²) < 4.78 is 28.5. The lowest BCUT2D eigenvalue weighted by atomic mass is 10.0. The predicted octanol–water partition coefficient (Wildman–Crippen LogP) is 4.46. The number of nitrogens with one attached hydrogen (secondary N) is 1. The van der Waals surface area contributed by atoms with Gasteiger partial charge in [0, 0.05) is 6.20 Å². The highest BCUT2D eigenvalue weighted by Crippen LogP contribution is 2.31. The average molecular weight is 393 g/mol. The first kappa shape index (κ1) is 17.9. The lowest BCUT2D eigenvalue weighted by Crippen LogP contribution is -2.30. The molecule has 1 aromatic heterocycles. The molecule has 1 heterocycles. The van der Waals surface area contributed by atoms with Crippen LogP contribution in [-0.4, -0.2) is 13.4 Å². The second-order valence-corrected chi connectivity index (χ2v) is 7.74. The van der Waals surface area contributed by atoms with E-state index in [1.54, 1.807) is 30.5 Å². The number of hydrogen-bond donors (Lipinski definition) is 1. The van der Waals surface area contributed by atoms with Gasteiger partial charge in [-0.2, -0.15) is 4.72 Å². The Labute approximate surface area is 156 Å². The van der Waals surface area contributed by atoms with E-state index in [9.17, 15) is 8.42 Å². The van der Waals surface area contributed by atoms with Crippen molar-refractivity contribution in [2.45, 2.75) is 10.9 Å². The molecule has 0 saturated heterocycles. The number of hydrogen-bond acceptors (Lipinski definition) is 3. The molecule has 0 aliphatic carbocycles. The molecule has 0 bridgehead atoms. The molecule has 0 aliphatic rings. The van der Waals surface area contributed by atoms with Gasteiger partial charge in [0.05, 0.1) is 21.8 Å². The summed E-state index contributed by atoms with van der Waals surface area (Å²) in [6.45, 7) is 0. The van der Waals surface area contributed by atoms with Crippen LogP contribution in [0.5, 0.6) is 0 Å². The third kappa shape index (κ3) is 4.02. The van der Waals surface area contributed by atoms with Crippen LogP contribution in [0.1, 0.15) is 17.3 Å². The van der Waals surface area contributed by atoms with Crippen molar-refractivity contribution >= 4 is 33.2 Å². The van der Waals surface area contributed by atoms with Gasteiger partial charge in [0.1, 0.15) is 4.90 Å². The van der Waals surface area contributed by atoms with E-state index in [4.69, 9.17) is 23.2 Å². The van der Waals surface area contributed by atoms with Crippen LogP contribution in [0.3, 0.4) is 0 Å². The first-order valence-electron chi connectivity index (χ1n) is 7.41. The highest BCUT2D eigenvalue weighted by atomic mass is 35.5. The summed E-state index contributed by atoms with van der Waals surface area (Å²) in [5.41, 5.74) is 1.33. The van der Waals surface area contributed by atoms with Gasteiger partial charge in [-0.05, 0) is 29.8 Å². The Kier molecular flexibility index (Phi) is 5.39. The van der Waals surface area contributed by atoms with Crippen LogP contribution in [-0.2, 0) is 10.0 Å². The highest BCUT2D eigenvalue weighted by molar-refractivity contribution is 7.89. The van der Waals surface area contributed by atoms with Crippen LogP contribution >= 0.6 is 23.2 Å². The Bertz CT molecular complexity index is 905. The van der Waals surface area contributed by atoms with Gasteiger partial charge in [-0.15, -0.1) is 0 Å². The number of sulfonamides is 1. The van der Waals surface area contributed by atoms with Crippen LogP contribution in [0.4, 0.5) is 0 Å². The van der Waals surface area contributed by atoms with Gasteiger partial charge in [-0.3, -0.25) is 4.98 Å². The predicted molar refractivity (Wildman–Crippen MR) is 99.3 cm³/mol. The summed E-state index contributed by atoms with van der Waals surface area (Å²) in [4.78, 5) is 4.14. The van der Waals surface area contributed by atoms with Crippen LogP contribution in [0, 0.1) is 0 Å². The molecule has 0 aliphatic heterocycles. The number of halogens is 2. The molecule has 3 aromatic rings. The molecule has 1 unspecified atom stereocenters. The van der Waals surface area contributed by atoms with E-state index in [1.165, 1.54) is 12.1 Å². The van der Waals surface area contributed by atoms with Gasteiger partial charge in [0.15, 0.2) is 0 Å². The van der Waals surface area contributed by atoms with Crippen molar-refractivity contribution in [3.05, 3.63) is 94.2 Å². The van der Waals surface area contributed by atoms with Crippen molar-refractivity contribution in [3.8, 4) is 0 Å². The molecule has 0 radical (unpaired) electrons. The molecule has 4 nitrogen and oxygen atoms in total. The topological polar surface area (TPSA) is 59.1 Å². The minimum Gasteiger partial charge on any atom is -0.259 e. The fourth-order valence-corrected chi connectivity index (χ4v) is 4.79. The maximum atomic E-state index is 12.9. The second-order valence-electron chi connectivity index (χ2n) is 5.27. The summed E-state index contributed by atoms with van der Waals surface area (Å²) in [5, 5.41) is 0.126. The van der Waals surface area contributed by atoms with Crippen molar-refractivity contribution in [3.63, 3.8) is 0 Å². The molecular weight excluding hydrogens is 379 g/mol. The normalized spacial score (nSPS) is 12.7. The van der Waals surface area contributed by atoms with Gasteiger partial charge in [0.25, 0.3) is 0 Å². The molecule has 3 rings (SSSR count). The van der Waals surface area contributed by atoms with E-state index in [2.05, 4.69) is 9.71 Å². The summed E-state index contributed by atoms with van der Waals surface area (Å²) in [7, 11) is -3.97. The monoisotopic (exact) mass is 392 g/mol. The van der Waals surface area contributed by atoms with Crippen molar-refractivity contribution in [2.24, 2.45) is 0 Å². The minimum atomic E-state index is -3.97. The third-order valence-corrected chi connectivity index (χ3v) is 5.95. The maximum Gasteiger partial charge on any atom is 0.244 e. The van der Waals surface area contributed by atoms with Crippen molar-refractivity contribution < 1.29 is 8.42 Å². The summed E-state index contributed by atoms with van der Waals surface area (Å²) in [6.07, 6.45) is 1.61. The first-order chi connectivity index (χ1) is 12.0. The molecule has 0 fully saturated rings. The zero-order chi connectivity index (χ0) is 17.9. The Balaban J connectivity index is 2.07. The maximum absolute atomic E-state index is 12.9. The van der Waals surface area contributed by atoms with E-state index >= 15 is 0 Å². The van der Waals surface area contributed by atoms with E-state index in [-0.39, 0.29) is 14.9 Å². The third-order valence-electron chi connectivity index (χ3n) is 3.58. The highest BCUT2D eigenvalue weighted by Gasteiger charge is 2.27. The zero-order valence-corrected chi connectivity index (χ0v) is 15.3. The zero-order valence-electron chi connectivity index (χ0n) is 12.9. The van der Waals surface area contributed by atoms with Gasteiger partial charge < -0.3 is 0 Å². The van der Waals surface area contributed by atoms with Crippen molar-refractivity contribution in [2.75, 3.05) is 0 Å². The number of aromatic nitrogens is 1. The molecule has 0 spiro atoms. The molecular formula is C18H14Cl2N2O2S. The summed E-state index contributed by atoms with van der Waals surface area (Å²) in [6, 6.07) is 18.4. The number of rotatable bonds is 5. The molecule has 7 heteroatoms. The lowest BCUT2D eigenvalue weighted by molar-refractivity contribution is 0.570. The minimum absolute atomic E-state index is 0.0628. The molecule has 25 heavy (non-hydrogen) atoms. The molecule has 2 aromatic carbocycles. The molecule has 128 valence electrons. The van der Waals surface area contributed by atoms with Crippen LogP contribution in [0.25, 0.3) is 0 Å². The number of pyridine rings is 1. The average Bonchev–Trinajstić information content (AvgIpc) is 2.61. The Morgan fingerprint density at radius 1 is 0.840 bits per heavy atom. The second kappa shape index (κ2) is 7.54. The van der Waals surface area contributed by atoms with Gasteiger partial charge in [-0.25, -0.2) is 8.42 Å². The van der Waals surface area contributed by atoms with Crippen molar-refractivity contribution in [1.82, 2.24) is 9.71 Å². The van der Waals surface area contributed by atoms with E-state index in [1.807, 2.05) is 30.3 Å². The van der Waals surface area contributed by atoms with Gasteiger partial charge in [-0.1, -0.05) is 65.7 Å². The van der Waals surface area contributed by atoms with Crippen LogP contribution in [0.15, 0.2) is 77.8 Å². The Morgan fingerprint density at radius 3 is 2.08 bits per heavy atom. The number of benzene rings is 2. The van der Waals surface area contributed by atoms with E-state index in [0.29, 0.717) is 5.69 Å². The summed E-state index contributed by atoms with van der Waals surface area (Å²) in [5.74, 6) is 0. The first-order valence-corrected chi connectivity index (χ1v) is 9.65.